The minimum atomic E-state index is 0.479. The van der Waals surface area contributed by atoms with Crippen molar-refractivity contribution in [3.63, 3.8) is 0 Å². The van der Waals surface area contributed by atoms with Crippen LogP contribution in [0.2, 0.25) is 0 Å². The van der Waals surface area contributed by atoms with Gasteiger partial charge in [0.2, 0.25) is 5.88 Å². The van der Waals surface area contributed by atoms with Crippen molar-refractivity contribution in [1.29, 1.82) is 0 Å². The zero-order valence-electron chi connectivity index (χ0n) is 7.83. The largest absolute Gasteiger partial charge is 0.481 e. The van der Waals surface area contributed by atoms with E-state index in [1.807, 2.05) is 6.07 Å². The molecule has 0 saturated carbocycles. The fourth-order valence-corrected chi connectivity index (χ4v) is 1.30. The van der Waals surface area contributed by atoms with Crippen LogP contribution >= 0.6 is 15.9 Å². The van der Waals surface area contributed by atoms with Crippen molar-refractivity contribution < 1.29 is 4.74 Å². The molecule has 1 atom stereocenters. The van der Waals surface area contributed by atoms with Gasteiger partial charge >= 0.3 is 0 Å². The number of methoxy groups -OCH3 is 1. The van der Waals surface area contributed by atoms with E-state index < -0.39 is 0 Å². The van der Waals surface area contributed by atoms with Crippen molar-refractivity contribution in [2.24, 2.45) is 0 Å². The highest BCUT2D eigenvalue weighted by atomic mass is 79.9. The average Bonchev–Trinajstić information content (AvgIpc) is 2.18. The van der Waals surface area contributed by atoms with Crippen molar-refractivity contribution in [2.75, 3.05) is 7.11 Å². The van der Waals surface area contributed by atoms with Crippen molar-refractivity contribution in [2.45, 2.75) is 24.6 Å². The maximum absolute atomic E-state index is 5.00. The Labute approximate surface area is 86.7 Å². The van der Waals surface area contributed by atoms with E-state index in [9.17, 15) is 0 Å². The monoisotopic (exact) mass is 244 g/mol. The SMILES string of the molecule is CCC(Br)Cc1cc(OC)ncn1. The van der Waals surface area contributed by atoms with Gasteiger partial charge < -0.3 is 4.74 Å². The van der Waals surface area contributed by atoms with Gasteiger partial charge in [-0.05, 0) is 6.42 Å². The lowest BCUT2D eigenvalue weighted by Crippen LogP contribution is -2.03. The molecule has 0 aliphatic heterocycles. The molecular weight excluding hydrogens is 232 g/mol. The van der Waals surface area contributed by atoms with Crippen LogP contribution in [-0.4, -0.2) is 21.9 Å². The van der Waals surface area contributed by atoms with Crippen LogP contribution in [0.4, 0.5) is 0 Å². The molecule has 0 fully saturated rings. The van der Waals surface area contributed by atoms with Crippen LogP contribution in [0.15, 0.2) is 12.4 Å². The first-order valence-corrected chi connectivity index (χ1v) is 5.16. The molecule has 0 radical (unpaired) electrons. The van der Waals surface area contributed by atoms with Gasteiger partial charge in [0, 0.05) is 23.0 Å². The summed E-state index contributed by atoms with van der Waals surface area (Å²) in [6.07, 6.45) is 3.53. The third-order valence-corrected chi connectivity index (χ3v) is 2.75. The second-order valence-electron chi connectivity index (χ2n) is 2.76. The molecule has 0 N–H and O–H groups in total. The van der Waals surface area contributed by atoms with Crippen LogP contribution in [0.25, 0.3) is 0 Å². The van der Waals surface area contributed by atoms with E-state index in [1.54, 1.807) is 7.11 Å². The number of halogens is 1. The van der Waals surface area contributed by atoms with Crippen LogP contribution in [-0.2, 0) is 6.42 Å². The lowest BCUT2D eigenvalue weighted by molar-refractivity contribution is 0.396. The summed E-state index contributed by atoms with van der Waals surface area (Å²) in [6, 6.07) is 1.86. The fraction of sp³-hybridized carbons (Fsp3) is 0.556. The molecular formula is C9H13BrN2O. The maximum Gasteiger partial charge on any atom is 0.216 e. The summed E-state index contributed by atoms with van der Waals surface area (Å²) in [7, 11) is 1.61. The molecule has 3 nitrogen and oxygen atoms in total. The lowest BCUT2D eigenvalue weighted by atomic mass is 10.2. The summed E-state index contributed by atoms with van der Waals surface area (Å²) in [5.74, 6) is 0.626. The second kappa shape index (κ2) is 5.17. The van der Waals surface area contributed by atoms with Crippen molar-refractivity contribution >= 4 is 15.9 Å². The van der Waals surface area contributed by atoms with Crippen LogP contribution in [0, 0.1) is 0 Å². The number of rotatable bonds is 4. The molecule has 0 aliphatic carbocycles. The van der Waals surface area contributed by atoms with Gasteiger partial charge in [-0.25, -0.2) is 9.97 Å². The highest BCUT2D eigenvalue weighted by molar-refractivity contribution is 9.09. The minimum absolute atomic E-state index is 0.479. The van der Waals surface area contributed by atoms with Gasteiger partial charge in [0.1, 0.15) is 6.33 Å². The van der Waals surface area contributed by atoms with Gasteiger partial charge in [0.25, 0.3) is 0 Å². The third-order valence-electron chi connectivity index (χ3n) is 1.78. The molecule has 0 saturated heterocycles. The van der Waals surface area contributed by atoms with Gasteiger partial charge in [-0.3, -0.25) is 0 Å². The lowest BCUT2D eigenvalue weighted by Gasteiger charge is -2.06. The predicted molar refractivity (Wildman–Crippen MR) is 55.3 cm³/mol. The van der Waals surface area contributed by atoms with E-state index in [4.69, 9.17) is 4.74 Å². The van der Waals surface area contributed by atoms with Crippen LogP contribution in [0.5, 0.6) is 5.88 Å². The molecule has 1 aromatic rings. The summed E-state index contributed by atoms with van der Waals surface area (Å²) in [5.41, 5.74) is 1.01. The third kappa shape index (κ3) is 3.30. The molecule has 0 aromatic carbocycles. The van der Waals surface area contributed by atoms with Crippen LogP contribution < -0.4 is 4.74 Å². The Kier molecular flexibility index (Phi) is 4.15. The Bertz CT molecular complexity index is 268. The highest BCUT2D eigenvalue weighted by Gasteiger charge is 2.04. The molecule has 0 amide bonds. The maximum atomic E-state index is 5.00. The molecule has 0 aliphatic rings. The molecule has 0 bridgehead atoms. The molecule has 0 spiro atoms. The highest BCUT2D eigenvalue weighted by Crippen LogP contribution is 2.13. The van der Waals surface area contributed by atoms with Gasteiger partial charge in [-0.1, -0.05) is 22.9 Å². The Morgan fingerprint density at radius 1 is 1.54 bits per heavy atom. The van der Waals surface area contributed by atoms with Gasteiger partial charge in [0.15, 0.2) is 0 Å². The smallest absolute Gasteiger partial charge is 0.216 e. The van der Waals surface area contributed by atoms with Crippen LogP contribution in [0.3, 0.4) is 0 Å². The van der Waals surface area contributed by atoms with E-state index in [2.05, 4.69) is 32.8 Å². The Morgan fingerprint density at radius 3 is 2.92 bits per heavy atom. The molecule has 13 heavy (non-hydrogen) atoms. The number of alkyl halides is 1. The van der Waals surface area contributed by atoms with Crippen molar-refractivity contribution in [3.8, 4) is 5.88 Å². The summed E-state index contributed by atoms with van der Waals surface area (Å²) < 4.78 is 5.00. The minimum Gasteiger partial charge on any atom is -0.481 e. The van der Waals surface area contributed by atoms with E-state index in [1.165, 1.54) is 6.33 Å². The fourth-order valence-electron chi connectivity index (χ4n) is 0.972. The summed E-state index contributed by atoms with van der Waals surface area (Å²) in [5, 5.41) is 0. The predicted octanol–water partition coefficient (Wildman–Crippen LogP) is 2.20. The number of nitrogens with zero attached hydrogens (tertiary/aromatic N) is 2. The first-order chi connectivity index (χ1) is 6.26. The summed E-state index contributed by atoms with van der Waals surface area (Å²) in [4.78, 5) is 8.58. The first kappa shape index (κ1) is 10.4. The molecule has 4 heteroatoms. The van der Waals surface area contributed by atoms with Gasteiger partial charge in [-0.15, -0.1) is 0 Å². The molecule has 1 aromatic heterocycles. The Morgan fingerprint density at radius 2 is 2.31 bits per heavy atom. The van der Waals surface area contributed by atoms with Crippen LogP contribution in [0.1, 0.15) is 19.0 Å². The number of hydrogen-bond donors (Lipinski definition) is 0. The normalized spacial score (nSPS) is 12.5. The Hall–Kier alpha value is -0.640. The zero-order valence-corrected chi connectivity index (χ0v) is 9.41. The molecule has 1 rings (SSSR count). The Balaban J connectivity index is 2.66. The van der Waals surface area contributed by atoms with Gasteiger partial charge in [-0.2, -0.15) is 0 Å². The summed E-state index contributed by atoms with van der Waals surface area (Å²) in [6.45, 7) is 2.14. The first-order valence-electron chi connectivity index (χ1n) is 4.25. The number of ether oxygens (including phenoxy) is 1. The molecule has 1 unspecified atom stereocenters. The zero-order chi connectivity index (χ0) is 9.68. The van der Waals surface area contributed by atoms with E-state index in [0.717, 1.165) is 18.5 Å². The number of aromatic nitrogens is 2. The van der Waals surface area contributed by atoms with Crippen molar-refractivity contribution in [3.05, 3.63) is 18.1 Å². The van der Waals surface area contributed by atoms with E-state index >= 15 is 0 Å². The molecule has 1 heterocycles. The second-order valence-corrected chi connectivity index (χ2v) is 4.06. The quantitative estimate of drug-likeness (QED) is 0.763. The van der Waals surface area contributed by atoms with Gasteiger partial charge in [0.05, 0.1) is 7.11 Å². The summed E-state index contributed by atoms with van der Waals surface area (Å²) >= 11 is 3.56. The average molecular weight is 245 g/mol. The molecule has 72 valence electrons. The van der Waals surface area contributed by atoms with Crippen molar-refractivity contribution in [1.82, 2.24) is 9.97 Å². The topological polar surface area (TPSA) is 35.0 Å². The van der Waals surface area contributed by atoms with E-state index in [-0.39, 0.29) is 0 Å². The van der Waals surface area contributed by atoms with E-state index in [0.29, 0.717) is 10.7 Å². The standard InChI is InChI=1S/C9H13BrN2O/c1-3-7(10)4-8-5-9(13-2)12-6-11-8/h5-7H,3-4H2,1-2H3. The number of hydrogen-bond acceptors (Lipinski definition) is 3.